The Balaban J connectivity index is 2.04. The van der Waals surface area contributed by atoms with Crippen LogP contribution in [0.2, 0.25) is 0 Å². The van der Waals surface area contributed by atoms with E-state index in [1.807, 2.05) is 6.07 Å². The van der Waals surface area contributed by atoms with Crippen molar-refractivity contribution in [3.63, 3.8) is 0 Å². The van der Waals surface area contributed by atoms with Gasteiger partial charge in [-0.05, 0) is 48.2 Å². The molecule has 5 heteroatoms. The van der Waals surface area contributed by atoms with Crippen LogP contribution < -0.4 is 5.32 Å². The summed E-state index contributed by atoms with van der Waals surface area (Å²) in [5, 5.41) is 3.36. The molecule has 21 heavy (non-hydrogen) atoms. The Hall–Kier alpha value is -1.46. The van der Waals surface area contributed by atoms with Crippen LogP contribution in [-0.2, 0) is 11.3 Å². The van der Waals surface area contributed by atoms with E-state index in [1.165, 1.54) is 12.0 Å². The van der Waals surface area contributed by atoms with E-state index >= 15 is 0 Å². The topological polar surface area (TPSA) is 38.3 Å². The van der Waals surface area contributed by atoms with Crippen LogP contribution in [0.5, 0.6) is 0 Å². The van der Waals surface area contributed by atoms with Crippen LogP contribution in [0.3, 0.4) is 0 Å². The Morgan fingerprint density at radius 3 is 2.52 bits per heavy atom. The molecule has 0 aliphatic heterocycles. The maximum Gasteiger partial charge on any atom is 0.337 e. The van der Waals surface area contributed by atoms with E-state index < -0.39 is 0 Å². The summed E-state index contributed by atoms with van der Waals surface area (Å²) in [5.41, 5.74) is 2.69. The van der Waals surface area contributed by atoms with Gasteiger partial charge in [0.25, 0.3) is 0 Å². The van der Waals surface area contributed by atoms with Gasteiger partial charge in [-0.25, -0.2) is 4.79 Å². The Morgan fingerprint density at radius 2 is 1.95 bits per heavy atom. The summed E-state index contributed by atoms with van der Waals surface area (Å²) >= 11 is 5.21. The molecule has 2 aromatic carbocycles. The number of halogens is 1. The third kappa shape index (κ3) is 4.25. The van der Waals surface area contributed by atoms with E-state index in [0.717, 1.165) is 15.7 Å². The smallest absolute Gasteiger partial charge is 0.337 e. The van der Waals surface area contributed by atoms with Crippen LogP contribution in [0.4, 0.5) is 5.69 Å². The van der Waals surface area contributed by atoms with Crippen molar-refractivity contribution < 1.29 is 9.53 Å². The Bertz CT molecular complexity index is 629. The Kier molecular flexibility index (Phi) is 5.70. The lowest BCUT2D eigenvalue weighted by Gasteiger charge is -2.10. The highest BCUT2D eigenvalue weighted by atomic mass is 79.9. The number of ether oxygens (including phenoxy) is 1. The molecular formula is C16H16BrNO2S. The van der Waals surface area contributed by atoms with Gasteiger partial charge < -0.3 is 10.1 Å². The maximum absolute atomic E-state index is 11.5. The first-order valence-corrected chi connectivity index (χ1v) is 8.40. The van der Waals surface area contributed by atoms with Gasteiger partial charge in [0, 0.05) is 21.6 Å². The van der Waals surface area contributed by atoms with Gasteiger partial charge >= 0.3 is 5.97 Å². The minimum atomic E-state index is -0.331. The lowest BCUT2D eigenvalue weighted by atomic mass is 10.1. The van der Waals surface area contributed by atoms with Gasteiger partial charge in [-0.3, -0.25) is 0 Å². The number of carbonyl (C=O) groups excluding carboxylic acids is 1. The van der Waals surface area contributed by atoms with Gasteiger partial charge in [-0.2, -0.15) is 0 Å². The van der Waals surface area contributed by atoms with Crippen LogP contribution in [-0.4, -0.2) is 19.3 Å². The Labute approximate surface area is 137 Å². The molecule has 0 fully saturated rings. The number of rotatable bonds is 5. The zero-order chi connectivity index (χ0) is 15.2. The van der Waals surface area contributed by atoms with Crippen molar-refractivity contribution in [1.82, 2.24) is 0 Å². The molecule has 110 valence electrons. The van der Waals surface area contributed by atoms with Crippen molar-refractivity contribution in [3.05, 3.63) is 58.1 Å². The average Bonchev–Trinajstić information content (AvgIpc) is 2.53. The Morgan fingerprint density at radius 1 is 1.24 bits per heavy atom. The second kappa shape index (κ2) is 7.52. The molecule has 0 aliphatic carbocycles. The van der Waals surface area contributed by atoms with E-state index in [2.05, 4.69) is 51.8 Å². The number of esters is 1. The maximum atomic E-state index is 11.5. The third-order valence-electron chi connectivity index (χ3n) is 3.05. The molecule has 0 amide bonds. The van der Waals surface area contributed by atoms with E-state index in [4.69, 9.17) is 4.74 Å². The molecule has 0 saturated carbocycles. The summed E-state index contributed by atoms with van der Waals surface area (Å²) in [5.74, 6) is -0.331. The summed E-state index contributed by atoms with van der Waals surface area (Å²) < 4.78 is 5.59. The zero-order valence-electron chi connectivity index (χ0n) is 11.9. The van der Waals surface area contributed by atoms with Crippen LogP contribution >= 0.6 is 27.7 Å². The van der Waals surface area contributed by atoms with E-state index in [-0.39, 0.29) is 5.97 Å². The second-order valence-electron chi connectivity index (χ2n) is 4.38. The first kappa shape index (κ1) is 15.9. The first-order chi connectivity index (χ1) is 10.1. The molecule has 2 aromatic rings. The van der Waals surface area contributed by atoms with E-state index in [9.17, 15) is 4.79 Å². The molecule has 0 unspecified atom stereocenters. The summed E-state index contributed by atoms with van der Waals surface area (Å²) in [6.07, 6.45) is 2.06. The molecule has 0 aromatic heterocycles. The van der Waals surface area contributed by atoms with Crippen molar-refractivity contribution in [3.8, 4) is 0 Å². The van der Waals surface area contributed by atoms with Crippen molar-refractivity contribution in [2.24, 2.45) is 0 Å². The number of nitrogens with one attached hydrogen (secondary N) is 1. The minimum absolute atomic E-state index is 0.331. The van der Waals surface area contributed by atoms with Gasteiger partial charge in [0.1, 0.15) is 0 Å². The number of carbonyl (C=O) groups is 1. The van der Waals surface area contributed by atoms with Crippen molar-refractivity contribution in [1.29, 1.82) is 0 Å². The fourth-order valence-corrected chi connectivity index (χ4v) is 2.77. The lowest BCUT2D eigenvalue weighted by Crippen LogP contribution is -2.04. The second-order valence-corrected chi connectivity index (χ2v) is 6.11. The fourth-order valence-electron chi connectivity index (χ4n) is 1.84. The largest absolute Gasteiger partial charge is 0.465 e. The van der Waals surface area contributed by atoms with E-state index in [1.54, 1.807) is 23.9 Å². The van der Waals surface area contributed by atoms with Gasteiger partial charge in [-0.1, -0.05) is 22.0 Å². The minimum Gasteiger partial charge on any atom is -0.465 e. The summed E-state index contributed by atoms with van der Waals surface area (Å²) in [6.45, 7) is 0.681. The third-order valence-corrected chi connectivity index (χ3v) is 4.53. The summed E-state index contributed by atoms with van der Waals surface area (Å²) in [4.78, 5) is 12.7. The number of anilines is 1. The quantitative estimate of drug-likeness (QED) is 0.622. The molecule has 0 aliphatic rings. The highest BCUT2D eigenvalue weighted by Gasteiger charge is 2.08. The van der Waals surface area contributed by atoms with Gasteiger partial charge in [-0.15, -0.1) is 11.8 Å². The number of thioether (sulfide) groups is 1. The van der Waals surface area contributed by atoms with Gasteiger partial charge in [0.05, 0.1) is 12.7 Å². The van der Waals surface area contributed by atoms with Crippen LogP contribution in [0, 0.1) is 0 Å². The fraction of sp³-hybridized carbons (Fsp3) is 0.188. The molecule has 1 N–H and O–H groups in total. The molecule has 3 nitrogen and oxygen atoms in total. The molecular weight excluding hydrogens is 350 g/mol. The molecule has 0 radical (unpaired) electrons. The molecule has 0 spiro atoms. The van der Waals surface area contributed by atoms with E-state index in [0.29, 0.717) is 12.1 Å². The monoisotopic (exact) mass is 365 g/mol. The standard InChI is InChI=1S/C16H16BrNO2S/c1-20-16(19)11-3-4-12(15(17)9-11)10-18-13-5-7-14(21-2)8-6-13/h3-9,18H,10H2,1-2H3. The number of benzene rings is 2. The average molecular weight is 366 g/mol. The summed E-state index contributed by atoms with van der Waals surface area (Å²) in [7, 11) is 1.38. The van der Waals surface area contributed by atoms with Crippen molar-refractivity contribution >= 4 is 39.3 Å². The zero-order valence-corrected chi connectivity index (χ0v) is 14.3. The lowest BCUT2D eigenvalue weighted by molar-refractivity contribution is 0.0600. The predicted molar refractivity (Wildman–Crippen MR) is 91.0 cm³/mol. The number of hydrogen-bond donors (Lipinski definition) is 1. The normalized spacial score (nSPS) is 10.2. The highest BCUT2D eigenvalue weighted by Crippen LogP contribution is 2.22. The van der Waals surface area contributed by atoms with Gasteiger partial charge in [0.15, 0.2) is 0 Å². The molecule has 0 bridgehead atoms. The van der Waals surface area contributed by atoms with Crippen molar-refractivity contribution in [2.75, 3.05) is 18.7 Å². The van der Waals surface area contributed by atoms with Crippen LogP contribution in [0.1, 0.15) is 15.9 Å². The van der Waals surface area contributed by atoms with Crippen LogP contribution in [0.25, 0.3) is 0 Å². The number of hydrogen-bond acceptors (Lipinski definition) is 4. The molecule has 0 heterocycles. The first-order valence-electron chi connectivity index (χ1n) is 6.38. The molecule has 2 rings (SSSR count). The SMILES string of the molecule is COC(=O)c1ccc(CNc2ccc(SC)cc2)c(Br)c1. The number of methoxy groups -OCH3 is 1. The van der Waals surface area contributed by atoms with Crippen molar-refractivity contribution in [2.45, 2.75) is 11.4 Å². The highest BCUT2D eigenvalue weighted by molar-refractivity contribution is 9.10. The predicted octanol–water partition coefficient (Wildman–Crippen LogP) is 4.57. The molecule has 0 atom stereocenters. The van der Waals surface area contributed by atoms with Gasteiger partial charge in [0.2, 0.25) is 0 Å². The summed E-state index contributed by atoms with van der Waals surface area (Å²) in [6, 6.07) is 13.7. The van der Waals surface area contributed by atoms with Crippen LogP contribution in [0.15, 0.2) is 51.8 Å². The molecule has 0 saturated heterocycles.